The lowest BCUT2D eigenvalue weighted by atomic mass is 9.79. The van der Waals surface area contributed by atoms with Gasteiger partial charge in [0.25, 0.3) is 0 Å². The zero-order valence-electron chi connectivity index (χ0n) is 10.4. The Bertz CT molecular complexity index is 250. The average molecular weight is 220 g/mol. The molecule has 2 fully saturated rings. The van der Waals surface area contributed by atoms with Gasteiger partial charge < -0.3 is 0 Å². The molecule has 0 spiro atoms. The lowest BCUT2D eigenvalue weighted by Crippen LogP contribution is -2.42. The number of nitrogens with zero attached hydrogens (tertiary/aromatic N) is 1. The largest absolute Gasteiger partial charge is 0.299 e. The molecule has 0 bridgehead atoms. The normalized spacial score (nSPS) is 33.5. The fraction of sp³-hybridized carbons (Fsp3) is 0.929. The first-order valence-electron chi connectivity index (χ1n) is 6.95. The predicted molar refractivity (Wildman–Crippen MR) is 65.9 cm³/mol. The summed E-state index contributed by atoms with van der Waals surface area (Å²) in [6, 6.07) is 3.25. The second-order valence-corrected chi connectivity index (χ2v) is 5.79. The van der Waals surface area contributed by atoms with E-state index in [1.807, 2.05) is 0 Å². The fourth-order valence-corrected chi connectivity index (χ4v) is 3.41. The van der Waals surface area contributed by atoms with E-state index in [2.05, 4.69) is 18.3 Å². The summed E-state index contributed by atoms with van der Waals surface area (Å²) < 4.78 is 0. The maximum absolute atomic E-state index is 9.31. The van der Waals surface area contributed by atoms with Crippen molar-refractivity contribution in [2.75, 3.05) is 0 Å². The van der Waals surface area contributed by atoms with E-state index in [0.717, 1.165) is 5.92 Å². The molecule has 0 heterocycles. The second-order valence-electron chi connectivity index (χ2n) is 5.79. The molecule has 1 N–H and O–H groups in total. The van der Waals surface area contributed by atoms with Crippen LogP contribution in [-0.4, -0.2) is 12.1 Å². The van der Waals surface area contributed by atoms with Crippen LogP contribution in [0.5, 0.6) is 0 Å². The molecule has 3 atom stereocenters. The SMILES string of the molecule is CC1CCCC(C(C#N)NC2CCCC2)C1. The Hall–Kier alpha value is -0.550. The van der Waals surface area contributed by atoms with Crippen LogP contribution in [0.2, 0.25) is 0 Å². The molecule has 0 saturated heterocycles. The third kappa shape index (κ3) is 2.98. The summed E-state index contributed by atoms with van der Waals surface area (Å²) in [6.07, 6.45) is 10.4. The Morgan fingerprint density at radius 3 is 2.50 bits per heavy atom. The summed E-state index contributed by atoms with van der Waals surface area (Å²) in [4.78, 5) is 0. The van der Waals surface area contributed by atoms with Crippen LogP contribution >= 0.6 is 0 Å². The van der Waals surface area contributed by atoms with Crippen LogP contribution < -0.4 is 5.32 Å². The first-order chi connectivity index (χ1) is 7.79. The van der Waals surface area contributed by atoms with Crippen molar-refractivity contribution in [3.63, 3.8) is 0 Å². The number of rotatable bonds is 3. The number of nitrogens with one attached hydrogen (secondary N) is 1. The Morgan fingerprint density at radius 2 is 1.88 bits per heavy atom. The molecule has 0 radical (unpaired) electrons. The molecule has 16 heavy (non-hydrogen) atoms. The number of hydrogen-bond donors (Lipinski definition) is 1. The van der Waals surface area contributed by atoms with E-state index in [1.165, 1.54) is 51.4 Å². The topological polar surface area (TPSA) is 35.8 Å². The highest BCUT2D eigenvalue weighted by Gasteiger charge is 2.28. The lowest BCUT2D eigenvalue weighted by Gasteiger charge is -2.31. The van der Waals surface area contributed by atoms with Crippen LogP contribution in [0.25, 0.3) is 0 Å². The van der Waals surface area contributed by atoms with Crippen LogP contribution in [0.3, 0.4) is 0 Å². The van der Waals surface area contributed by atoms with Gasteiger partial charge in [0, 0.05) is 6.04 Å². The van der Waals surface area contributed by atoms with Gasteiger partial charge in [-0.05, 0) is 37.5 Å². The Kier molecular flexibility index (Phi) is 4.23. The fourth-order valence-electron chi connectivity index (χ4n) is 3.41. The Balaban J connectivity index is 1.86. The van der Waals surface area contributed by atoms with Gasteiger partial charge in [-0.1, -0.05) is 32.6 Å². The molecular formula is C14H24N2. The van der Waals surface area contributed by atoms with Crippen LogP contribution in [0.4, 0.5) is 0 Å². The minimum absolute atomic E-state index is 0.117. The molecular weight excluding hydrogens is 196 g/mol. The van der Waals surface area contributed by atoms with Crippen LogP contribution in [0.15, 0.2) is 0 Å². The van der Waals surface area contributed by atoms with Crippen LogP contribution in [-0.2, 0) is 0 Å². The average Bonchev–Trinajstić information content (AvgIpc) is 2.78. The molecule has 0 aliphatic heterocycles. The van der Waals surface area contributed by atoms with E-state index in [0.29, 0.717) is 12.0 Å². The molecule has 0 aromatic rings. The van der Waals surface area contributed by atoms with E-state index in [9.17, 15) is 5.26 Å². The van der Waals surface area contributed by atoms with Gasteiger partial charge in [-0.25, -0.2) is 0 Å². The van der Waals surface area contributed by atoms with E-state index in [1.54, 1.807) is 0 Å². The maximum atomic E-state index is 9.31. The van der Waals surface area contributed by atoms with Gasteiger partial charge in [0.05, 0.1) is 12.1 Å². The monoisotopic (exact) mass is 220 g/mol. The van der Waals surface area contributed by atoms with E-state index in [-0.39, 0.29) is 6.04 Å². The quantitative estimate of drug-likeness (QED) is 0.792. The summed E-state index contributed by atoms with van der Waals surface area (Å²) in [5.74, 6) is 1.43. The second kappa shape index (κ2) is 5.68. The summed E-state index contributed by atoms with van der Waals surface area (Å²) in [5, 5.41) is 12.9. The number of hydrogen-bond acceptors (Lipinski definition) is 2. The standard InChI is InChI=1S/C14H24N2/c1-11-5-4-6-12(9-11)14(10-15)16-13-7-2-3-8-13/h11-14,16H,2-9H2,1H3. The first-order valence-corrected chi connectivity index (χ1v) is 6.95. The molecule has 3 unspecified atom stereocenters. The van der Waals surface area contributed by atoms with E-state index >= 15 is 0 Å². The van der Waals surface area contributed by atoms with Crippen molar-refractivity contribution in [3.05, 3.63) is 0 Å². The zero-order chi connectivity index (χ0) is 11.4. The maximum Gasteiger partial charge on any atom is 0.0983 e. The number of nitriles is 1. The van der Waals surface area contributed by atoms with Crippen LogP contribution in [0.1, 0.15) is 58.3 Å². The third-order valence-electron chi connectivity index (χ3n) is 4.36. The van der Waals surface area contributed by atoms with Gasteiger partial charge in [-0.2, -0.15) is 5.26 Å². The predicted octanol–water partition coefficient (Wildman–Crippen LogP) is 3.24. The van der Waals surface area contributed by atoms with Gasteiger partial charge in [0.1, 0.15) is 0 Å². The molecule has 2 nitrogen and oxygen atoms in total. The minimum Gasteiger partial charge on any atom is -0.299 e. The summed E-state index contributed by atoms with van der Waals surface area (Å²) in [7, 11) is 0. The zero-order valence-corrected chi connectivity index (χ0v) is 10.4. The molecule has 0 amide bonds. The third-order valence-corrected chi connectivity index (χ3v) is 4.36. The van der Waals surface area contributed by atoms with Crippen molar-refractivity contribution in [3.8, 4) is 6.07 Å². The van der Waals surface area contributed by atoms with Crippen molar-refractivity contribution in [2.24, 2.45) is 11.8 Å². The van der Waals surface area contributed by atoms with Crippen molar-refractivity contribution in [1.29, 1.82) is 5.26 Å². The molecule has 2 heteroatoms. The van der Waals surface area contributed by atoms with E-state index < -0.39 is 0 Å². The minimum atomic E-state index is 0.117. The summed E-state index contributed by atoms with van der Waals surface area (Å²) >= 11 is 0. The molecule has 2 aliphatic rings. The highest BCUT2D eigenvalue weighted by Crippen LogP contribution is 2.31. The lowest BCUT2D eigenvalue weighted by molar-refractivity contribution is 0.238. The van der Waals surface area contributed by atoms with Gasteiger partial charge in [-0.3, -0.25) is 5.32 Å². The Labute approximate surface area is 99.4 Å². The van der Waals surface area contributed by atoms with Crippen LogP contribution in [0, 0.1) is 23.2 Å². The molecule has 0 aromatic heterocycles. The van der Waals surface area contributed by atoms with Gasteiger partial charge in [-0.15, -0.1) is 0 Å². The summed E-state index contributed by atoms with van der Waals surface area (Å²) in [6.45, 7) is 2.33. The first kappa shape index (κ1) is 11.9. The molecule has 90 valence electrons. The van der Waals surface area contributed by atoms with E-state index in [4.69, 9.17) is 0 Å². The van der Waals surface area contributed by atoms with Crippen molar-refractivity contribution in [2.45, 2.75) is 70.4 Å². The highest BCUT2D eigenvalue weighted by molar-refractivity contribution is 4.98. The van der Waals surface area contributed by atoms with Crippen molar-refractivity contribution >= 4 is 0 Å². The molecule has 2 aliphatic carbocycles. The molecule has 2 rings (SSSR count). The van der Waals surface area contributed by atoms with Crippen molar-refractivity contribution in [1.82, 2.24) is 5.32 Å². The van der Waals surface area contributed by atoms with Gasteiger partial charge in [0.2, 0.25) is 0 Å². The van der Waals surface area contributed by atoms with Gasteiger partial charge in [0.15, 0.2) is 0 Å². The smallest absolute Gasteiger partial charge is 0.0983 e. The molecule has 0 aromatic carbocycles. The van der Waals surface area contributed by atoms with Crippen molar-refractivity contribution < 1.29 is 0 Å². The summed E-state index contributed by atoms with van der Waals surface area (Å²) in [5.41, 5.74) is 0. The molecule has 2 saturated carbocycles. The Morgan fingerprint density at radius 1 is 1.12 bits per heavy atom. The highest BCUT2D eigenvalue weighted by atomic mass is 15.0. The van der Waals surface area contributed by atoms with Gasteiger partial charge >= 0.3 is 0 Å².